The van der Waals surface area contributed by atoms with E-state index in [1.165, 1.54) is 13.1 Å². The van der Waals surface area contributed by atoms with Crippen LogP contribution < -0.4 is 15.5 Å². The molecule has 0 fully saturated rings. The predicted molar refractivity (Wildman–Crippen MR) is 118 cm³/mol. The molecule has 3 aromatic carbocycles. The summed E-state index contributed by atoms with van der Waals surface area (Å²) < 4.78 is 5.87. The molecule has 0 spiro atoms. The van der Waals surface area contributed by atoms with Crippen molar-refractivity contribution in [2.45, 2.75) is 13.5 Å². The van der Waals surface area contributed by atoms with Crippen molar-refractivity contribution in [3.63, 3.8) is 0 Å². The van der Waals surface area contributed by atoms with Gasteiger partial charge in [-0.05, 0) is 48.0 Å². The SMILES string of the molecule is CC(=O)Nc1cccc(C(=O)NN=Cc2ccccc2OCc2ccc(Cl)cc2)c1. The molecule has 2 N–H and O–H groups in total. The zero-order chi connectivity index (χ0) is 21.3. The van der Waals surface area contributed by atoms with Gasteiger partial charge in [0.15, 0.2) is 0 Å². The fourth-order valence-electron chi connectivity index (χ4n) is 2.63. The Morgan fingerprint density at radius 1 is 1.03 bits per heavy atom. The number of nitrogens with zero attached hydrogens (tertiary/aromatic N) is 1. The first-order chi connectivity index (χ1) is 14.5. The Morgan fingerprint density at radius 2 is 1.80 bits per heavy atom. The van der Waals surface area contributed by atoms with Gasteiger partial charge in [-0.2, -0.15) is 5.10 Å². The van der Waals surface area contributed by atoms with Crippen LogP contribution in [0.3, 0.4) is 0 Å². The van der Waals surface area contributed by atoms with Crippen LogP contribution in [-0.4, -0.2) is 18.0 Å². The van der Waals surface area contributed by atoms with Crippen molar-refractivity contribution in [1.82, 2.24) is 5.43 Å². The summed E-state index contributed by atoms with van der Waals surface area (Å²) in [7, 11) is 0. The highest BCUT2D eigenvalue weighted by molar-refractivity contribution is 6.30. The first-order valence-corrected chi connectivity index (χ1v) is 9.56. The van der Waals surface area contributed by atoms with Gasteiger partial charge < -0.3 is 10.1 Å². The highest BCUT2D eigenvalue weighted by Crippen LogP contribution is 2.18. The number of anilines is 1. The Balaban J connectivity index is 1.63. The summed E-state index contributed by atoms with van der Waals surface area (Å²) in [5.74, 6) is 0.0388. The maximum absolute atomic E-state index is 12.3. The van der Waals surface area contributed by atoms with Gasteiger partial charge in [0.05, 0.1) is 6.21 Å². The van der Waals surface area contributed by atoms with Crippen molar-refractivity contribution < 1.29 is 14.3 Å². The Hall–Kier alpha value is -3.64. The molecule has 0 saturated carbocycles. The minimum Gasteiger partial charge on any atom is -0.488 e. The van der Waals surface area contributed by atoms with Gasteiger partial charge in [-0.3, -0.25) is 9.59 Å². The molecule has 7 heteroatoms. The first-order valence-electron chi connectivity index (χ1n) is 9.18. The number of amides is 2. The number of hydrazone groups is 1. The average Bonchev–Trinajstić information content (AvgIpc) is 2.74. The summed E-state index contributed by atoms with van der Waals surface area (Å²) in [6.07, 6.45) is 1.52. The number of carbonyl (C=O) groups excluding carboxylic acids is 2. The van der Waals surface area contributed by atoms with Crippen molar-refractivity contribution in [3.8, 4) is 5.75 Å². The Bertz CT molecular complexity index is 1070. The molecule has 0 aliphatic carbocycles. The van der Waals surface area contributed by atoms with E-state index in [0.717, 1.165) is 11.1 Å². The smallest absolute Gasteiger partial charge is 0.271 e. The molecule has 0 heterocycles. The fourth-order valence-corrected chi connectivity index (χ4v) is 2.75. The van der Waals surface area contributed by atoms with E-state index in [0.29, 0.717) is 28.6 Å². The largest absolute Gasteiger partial charge is 0.488 e. The Morgan fingerprint density at radius 3 is 2.57 bits per heavy atom. The molecule has 152 valence electrons. The zero-order valence-corrected chi connectivity index (χ0v) is 17.0. The number of para-hydroxylation sites is 1. The van der Waals surface area contributed by atoms with E-state index in [1.54, 1.807) is 24.3 Å². The first kappa shape index (κ1) is 21.1. The lowest BCUT2D eigenvalue weighted by Crippen LogP contribution is -2.18. The van der Waals surface area contributed by atoms with Crippen molar-refractivity contribution >= 4 is 35.3 Å². The van der Waals surface area contributed by atoms with E-state index in [-0.39, 0.29) is 5.91 Å². The highest BCUT2D eigenvalue weighted by Gasteiger charge is 2.06. The third kappa shape index (κ3) is 6.18. The lowest BCUT2D eigenvalue weighted by Gasteiger charge is -2.09. The van der Waals surface area contributed by atoms with Crippen molar-refractivity contribution in [1.29, 1.82) is 0 Å². The van der Waals surface area contributed by atoms with Crippen molar-refractivity contribution in [2.75, 3.05) is 5.32 Å². The third-order valence-electron chi connectivity index (χ3n) is 4.04. The minimum atomic E-state index is -0.391. The molecule has 3 aromatic rings. The normalized spacial score (nSPS) is 10.6. The van der Waals surface area contributed by atoms with Gasteiger partial charge in [0.1, 0.15) is 12.4 Å². The summed E-state index contributed by atoms with van der Waals surface area (Å²) >= 11 is 5.90. The molecular formula is C23H20ClN3O3. The summed E-state index contributed by atoms with van der Waals surface area (Å²) in [5, 5.41) is 7.34. The molecule has 0 aliphatic heterocycles. The molecule has 30 heavy (non-hydrogen) atoms. The number of rotatable bonds is 7. The maximum atomic E-state index is 12.3. The van der Waals surface area contributed by atoms with E-state index in [4.69, 9.17) is 16.3 Å². The molecule has 0 aromatic heterocycles. The van der Waals surface area contributed by atoms with Gasteiger partial charge in [-0.25, -0.2) is 5.43 Å². The van der Waals surface area contributed by atoms with Crippen LogP contribution in [0, 0.1) is 0 Å². The van der Waals surface area contributed by atoms with Crippen molar-refractivity contribution in [3.05, 3.63) is 94.5 Å². The lowest BCUT2D eigenvalue weighted by atomic mass is 10.2. The molecular weight excluding hydrogens is 402 g/mol. The number of hydrogen-bond donors (Lipinski definition) is 2. The molecule has 0 radical (unpaired) electrons. The van der Waals surface area contributed by atoms with Gasteiger partial charge >= 0.3 is 0 Å². The number of carbonyl (C=O) groups is 2. The quantitative estimate of drug-likeness (QED) is 0.430. The second-order valence-electron chi connectivity index (χ2n) is 6.41. The van der Waals surface area contributed by atoms with Gasteiger partial charge in [0.2, 0.25) is 5.91 Å². The average molecular weight is 422 g/mol. The topological polar surface area (TPSA) is 79.8 Å². The van der Waals surface area contributed by atoms with E-state index < -0.39 is 5.91 Å². The predicted octanol–water partition coefficient (Wildman–Crippen LogP) is 4.64. The lowest BCUT2D eigenvalue weighted by molar-refractivity contribution is -0.114. The van der Waals surface area contributed by atoms with Gasteiger partial charge in [-0.1, -0.05) is 41.9 Å². The van der Waals surface area contributed by atoms with Crippen LogP contribution in [0.25, 0.3) is 0 Å². The maximum Gasteiger partial charge on any atom is 0.271 e. The fraction of sp³-hybridized carbons (Fsp3) is 0.0870. The summed E-state index contributed by atoms with van der Waals surface area (Å²) in [5.41, 5.74) is 5.11. The molecule has 0 saturated heterocycles. The van der Waals surface area contributed by atoms with Crippen LogP contribution in [0.4, 0.5) is 5.69 Å². The Kier molecular flexibility index (Phi) is 7.19. The van der Waals surface area contributed by atoms with Crippen LogP contribution >= 0.6 is 11.6 Å². The van der Waals surface area contributed by atoms with Crippen LogP contribution in [0.2, 0.25) is 5.02 Å². The molecule has 3 rings (SSSR count). The van der Waals surface area contributed by atoms with Crippen molar-refractivity contribution in [2.24, 2.45) is 5.10 Å². The van der Waals surface area contributed by atoms with E-state index in [9.17, 15) is 9.59 Å². The van der Waals surface area contributed by atoms with Gasteiger partial charge in [0.25, 0.3) is 5.91 Å². The number of hydrogen-bond acceptors (Lipinski definition) is 4. The third-order valence-corrected chi connectivity index (χ3v) is 4.29. The minimum absolute atomic E-state index is 0.208. The van der Waals surface area contributed by atoms with E-state index >= 15 is 0 Å². The highest BCUT2D eigenvalue weighted by atomic mass is 35.5. The second-order valence-corrected chi connectivity index (χ2v) is 6.85. The van der Waals surface area contributed by atoms with Crippen LogP contribution in [0.15, 0.2) is 77.9 Å². The molecule has 0 aliphatic rings. The molecule has 0 unspecified atom stereocenters. The molecule has 0 atom stereocenters. The molecule has 2 amide bonds. The molecule has 6 nitrogen and oxygen atoms in total. The number of ether oxygens (including phenoxy) is 1. The molecule has 0 bridgehead atoms. The Labute approximate surface area is 179 Å². The van der Waals surface area contributed by atoms with E-state index in [2.05, 4.69) is 15.8 Å². The standard InChI is InChI=1S/C23H20ClN3O3/c1-16(28)26-21-7-4-6-18(13-21)23(29)27-25-14-19-5-2-3-8-22(19)30-15-17-9-11-20(24)12-10-17/h2-14H,15H2,1H3,(H,26,28)(H,27,29). The number of benzene rings is 3. The summed E-state index contributed by atoms with van der Waals surface area (Å²) in [6.45, 7) is 1.79. The monoisotopic (exact) mass is 421 g/mol. The van der Waals surface area contributed by atoms with Gasteiger partial charge in [0, 0.05) is 28.8 Å². The van der Waals surface area contributed by atoms with Crippen LogP contribution in [0.1, 0.15) is 28.4 Å². The number of halogens is 1. The zero-order valence-electron chi connectivity index (χ0n) is 16.3. The van der Waals surface area contributed by atoms with E-state index in [1.807, 2.05) is 48.5 Å². The second kappa shape index (κ2) is 10.2. The summed E-state index contributed by atoms with van der Waals surface area (Å²) in [6, 6.07) is 21.4. The van der Waals surface area contributed by atoms with Gasteiger partial charge in [-0.15, -0.1) is 0 Å². The summed E-state index contributed by atoms with van der Waals surface area (Å²) in [4.78, 5) is 23.5. The number of nitrogens with one attached hydrogen (secondary N) is 2. The van der Waals surface area contributed by atoms with Crippen LogP contribution in [-0.2, 0) is 11.4 Å². The van der Waals surface area contributed by atoms with Crippen LogP contribution in [0.5, 0.6) is 5.75 Å².